The molecule has 0 aliphatic rings. The summed E-state index contributed by atoms with van der Waals surface area (Å²) in [6, 6.07) is 6.15. The zero-order valence-electron chi connectivity index (χ0n) is 9.79. The van der Waals surface area contributed by atoms with E-state index in [4.69, 9.17) is 4.74 Å². The Morgan fingerprint density at radius 1 is 1.24 bits per heavy atom. The first-order valence-electron chi connectivity index (χ1n) is 5.33. The van der Waals surface area contributed by atoms with Gasteiger partial charge in [-0.2, -0.15) is 13.2 Å². The highest BCUT2D eigenvalue weighted by Gasteiger charge is 2.40. The van der Waals surface area contributed by atoms with Crippen molar-refractivity contribution in [1.82, 2.24) is 5.32 Å². The van der Waals surface area contributed by atoms with Gasteiger partial charge in [-0.15, -0.1) is 0 Å². The van der Waals surface area contributed by atoms with Gasteiger partial charge < -0.3 is 4.74 Å². The molecule has 0 heterocycles. The first kappa shape index (κ1) is 14.0. The Kier molecular flexibility index (Phi) is 4.96. The zero-order valence-corrected chi connectivity index (χ0v) is 9.79. The molecule has 1 N–H and O–H groups in total. The van der Waals surface area contributed by atoms with Crippen LogP contribution in [-0.4, -0.2) is 25.9 Å². The molecule has 17 heavy (non-hydrogen) atoms. The second-order valence-electron chi connectivity index (χ2n) is 3.84. The number of hydrogen-bond acceptors (Lipinski definition) is 2. The summed E-state index contributed by atoms with van der Waals surface area (Å²) in [5.41, 5.74) is 0.211. The van der Waals surface area contributed by atoms with Crippen molar-refractivity contribution in [3.05, 3.63) is 35.9 Å². The van der Waals surface area contributed by atoms with Crippen LogP contribution in [0.4, 0.5) is 13.2 Å². The van der Waals surface area contributed by atoms with Crippen molar-refractivity contribution in [2.75, 3.05) is 13.7 Å². The van der Waals surface area contributed by atoms with Crippen molar-refractivity contribution in [3.8, 4) is 0 Å². The summed E-state index contributed by atoms with van der Waals surface area (Å²) in [5, 5.41) is 2.48. The third-order valence-corrected chi connectivity index (χ3v) is 2.47. The molecule has 0 fully saturated rings. The van der Waals surface area contributed by atoms with Gasteiger partial charge in [0.2, 0.25) is 0 Å². The molecule has 0 aliphatic carbocycles. The molecule has 0 bridgehead atoms. The number of methoxy groups -OCH3 is 1. The van der Waals surface area contributed by atoms with Gasteiger partial charge >= 0.3 is 6.18 Å². The highest BCUT2D eigenvalue weighted by atomic mass is 19.4. The molecule has 96 valence electrons. The molecule has 0 aromatic heterocycles. The number of rotatable bonds is 5. The third kappa shape index (κ3) is 4.36. The minimum absolute atomic E-state index is 0.148. The first-order valence-corrected chi connectivity index (χ1v) is 5.33. The van der Waals surface area contributed by atoms with Gasteiger partial charge in [0.05, 0.1) is 6.10 Å². The van der Waals surface area contributed by atoms with E-state index in [1.807, 2.05) is 0 Å². The lowest BCUT2D eigenvalue weighted by Crippen LogP contribution is -2.38. The summed E-state index contributed by atoms with van der Waals surface area (Å²) in [7, 11) is 1.47. The fraction of sp³-hybridized carbons (Fsp3) is 0.500. The van der Waals surface area contributed by atoms with Gasteiger partial charge in [-0.3, -0.25) is 5.32 Å². The Labute approximate surface area is 98.8 Å². The minimum Gasteiger partial charge on any atom is -0.380 e. The van der Waals surface area contributed by atoms with Crippen LogP contribution in [0.5, 0.6) is 0 Å². The first-order chi connectivity index (χ1) is 7.95. The Balaban J connectivity index is 2.76. The molecule has 1 aromatic rings. The Hall–Kier alpha value is -1.07. The van der Waals surface area contributed by atoms with Gasteiger partial charge in [-0.1, -0.05) is 30.3 Å². The number of nitrogens with one attached hydrogen (secondary N) is 1. The molecule has 0 radical (unpaired) electrons. The van der Waals surface area contributed by atoms with Crippen molar-refractivity contribution >= 4 is 0 Å². The highest BCUT2D eigenvalue weighted by molar-refractivity contribution is 5.20. The third-order valence-electron chi connectivity index (χ3n) is 2.47. The monoisotopic (exact) mass is 247 g/mol. The SMILES string of the molecule is COC(C)CNC(c1ccccc1)C(F)(F)F. The molecule has 0 aliphatic heterocycles. The van der Waals surface area contributed by atoms with Gasteiger partial charge in [0, 0.05) is 13.7 Å². The molecule has 1 aromatic carbocycles. The predicted octanol–water partition coefficient (Wildman–Crippen LogP) is 2.91. The lowest BCUT2D eigenvalue weighted by Gasteiger charge is -2.23. The summed E-state index contributed by atoms with van der Waals surface area (Å²) in [5.74, 6) is 0. The van der Waals surface area contributed by atoms with Crippen LogP contribution in [0.3, 0.4) is 0 Å². The number of alkyl halides is 3. The van der Waals surface area contributed by atoms with Crippen LogP contribution in [0.1, 0.15) is 18.5 Å². The van der Waals surface area contributed by atoms with Gasteiger partial charge in [0.1, 0.15) is 6.04 Å². The van der Waals surface area contributed by atoms with Crippen LogP contribution in [0, 0.1) is 0 Å². The maximum atomic E-state index is 12.9. The molecule has 2 nitrogen and oxygen atoms in total. The second kappa shape index (κ2) is 6.02. The maximum Gasteiger partial charge on any atom is 0.407 e. The van der Waals surface area contributed by atoms with Crippen LogP contribution >= 0.6 is 0 Å². The van der Waals surface area contributed by atoms with Crippen LogP contribution in [0.15, 0.2) is 30.3 Å². The topological polar surface area (TPSA) is 21.3 Å². The fourth-order valence-corrected chi connectivity index (χ4v) is 1.44. The number of ether oxygens (including phenoxy) is 1. The average Bonchev–Trinajstić information content (AvgIpc) is 2.28. The van der Waals surface area contributed by atoms with Crippen molar-refractivity contribution in [2.24, 2.45) is 0 Å². The standard InChI is InChI=1S/C12H16F3NO/c1-9(17-2)8-16-11(12(13,14)15)10-6-4-3-5-7-10/h3-7,9,11,16H,8H2,1-2H3. The number of benzene rings is 1. The largest absolute Gasteiger partial charge is 0.407 e. The average molecular weight is 247 g/mol. The van der Waals surface area contributed by atoms with Gasteiger partial charge in [-0.05, 0) is 12.5 Å². The van der Waals surface area contributed by atoms with E-state index >= 15 is 0 Å². The van der Waals surface area contributed by atoms with E-state index < -0.39 is 12.2 Å². The maximum absolute atomic E-state index is 12.9. The van der Waals surface area contributed by atoms with E-state index in [2.05, 4.69) is 5.32 Å². The molecule has 0 saturated carbocycles. The summed E-state index contributed by atoms with van der Waals surface area (Å²) in [6.45, 7) is 1.86. The molecule has 1 rings (SSSR count). The van der Waals surface area contributed by atoms with Crippen molar-refractivity contribution in [1.29, 1.82) is 0 Å². The smallest absolute Gasteiger partial charge is 0.380 e. The molecule has 5 heteroatoms. The Morgan fingerprint density at radius 3 is 2.29 bits per heavy atom. The summed E-state index contributed by atoms with van der Waals surface area (Å²) in [6.07, 6.45) is -4.57. The van der Waals surface area contributed by atoms with E-state index in [0.29, 0.717) is 0 Å². The number of hydrogen-bond donors (Lipinski definition) is 1. The zero-order chi connectivity index (χ0) is 12.9. The fourth-order valence-electron chi connectivity index (χ4n) is 1.44. The van der Waals surface area contributed by atoms with E-state index in [0.717, 1.165) is 0 Å². The second-order valence-corrected chi connectivity index (χ2v) is 3.84. The Morgan fingerprint density at radius 2 is 1.82 bits per heavy atom. The van der Waals surface area contributed by atoms with E-state index in [1.54, 1.807) is 25.1 Å². The van der Waals surface area contributed by atoms with Crippen LogP contribution in [-0.2, 0) is 4.74 Å². The molecular weight excluding hydrogens is 231 g/mol. The van der Waals surface area contributed by atoms with Crippen molar-refractivity contribution in [2.45, 2.75) is 25.2 Å². The quantitative estimate of drug-likeness (QED) is 0.863. The minimum atomic E-state index is -4.31. The van der Waals surface area contributed by atoms with Crippen molar-refractivity contribution < 1.29 is 17.9 Å². The summed E-state index contributed by atoms with van der Waals surface area (Å²) in [4.78, 5) is 0. The predicted molar refractivity (Wildman–Crippen MR) is 59.7 cm³/mol. The van der Waals surface area contributed by atoms with Crippen LogP contribution in [0.25, 0.3) is 0 Å². The molecule has 0 saturated heterocycles. The van der Waals surface area contributed by atoms with Crippen molar-refractivity contribution in [3.63, 3.8) is 0 Å². The molecule has 0 amide bonds. The normalized spacial score (nSPS) is 15.6. The van der Waals surface area contributed by atoms with Gasteiger partial charge in [0.25, 0.3) is 0 Å². The Bertz CT molecular complexity index is 326. The molecular formula is C12H16F3NO. The summed E-state index contributed by atoms with van der Waals surface area (Å²) < 4.78 is 43.5. The highest BCUT2D eigenvalue weighted by Crippen LogP contribution is 2.32. The molecule has 0 spiro atoms. The number of halogens is 3. The molecule has 2 unspecified atom stereocenters. The van der Waals surface area contributed by atoms with Gasteiger partial charge in [0.15, 0.2) is 0 Å². The molecule has 2 atom stereocenters. The lowest BCUT2D eigenvalue weighted by molar-refractivity contribution is -0.158. The van der Waals surface area contributed by atoms with E-state index in [9.17, 15) is 13.2 Å². The van der Waals surface area contributed by atoms with Crippen LogP contribution < -0.4 is 5.32 Å². The van der Waals surface area contributed by atoms with Crippen LogP contribution in [0.2, 0.25) is 0 Å². The summed E-state index contributed by atoms with van der Waals surface area (Å²) >= 11 is 0. The van der Waals surface area contributed by atoms with E-state index in [-0.39, 0.29) is 18.2 Å². The lowest BCUT2D eigenvalue weighted by atomic mass is 10.1. The van der Waals surface area contributed by atoms with Gasteiger partial charge in [-0.25, -0.2) is 0 Å². The van der Waals surface area contributed by atoms with E-state index in [1.165, 1.54) is 19.2 Å².